The van der Waals surface area contributed by atoms with E-state index in [2.05, 4.69) is 10.6 Å². The Morgan fingerprint density at radius 1 is 1.09 bits per heavy atom. The molecule has 2 rings (SSSR count). The Balaban J connectivity index is 1.77. The molecular formula is C17H31N3O2. The van der Waals surface area contributed by atoms with Crippen LogP contribution in [0.25, 0.3) is 0 Å². The van der Waals surface area contributed by atoms with E-state index >= 15 is 0 Å². The molecule has 1 unspecified atom stereocenters. The number of carbonyl (C=O) groups excluding carboxylic acids is 2. The number of carbonyl (C=O) groups is 2. The van der Waals surface area contributed by atoms with Crippen molar-refractivity contribution in [3.05, 3.63) is 0 Å². The van der Waals surface area contributed by atoms with Gasteiger partial charge in [0.2, 0.25) is 11.8 Å². The molecule has 1 saturated heterocycles. The van der Waals surface area contributed by atoms with Crippen LogP contribution in [0.5, 0.6) is 0 Å². The number of nitrogens with two attached hydrogens (primary N) is 1. The van der Waals surface area contributed by atoms with Gasteiger partial charge in [0.1, 0.15) is 0 Å². The summed E-state index contributed by atoms with van der Waals surface area (Å²) in [5.41, 5.74) is 5.37. The van der Waals surface area contributed by atoms with Crippen molar-refractivity contribution in [1.29, 1.82) is 0 Å². The largest absolute Gasteiger partial charge is 0.370 e. The summed E-state index contributed by atoms with van der Waals surface area (Å²) in [5, 5.41) is 6.45. The number of piperidine rings is 1. The van der Waals surface area contributed by atoms with Crippen LogP contribution in [0.3, 0.4) is 0 Å². The van der Waals surface area contributed by atoms with Gasteiger partial charge in [-0.15, -0.1) is 0 Å². The van der Waals surface area contributed by atoms with Crippen molar-refractivity contribution in [2.24, 2.45) is 17.6 Å². The van der Waals surface area contributed by atoms with Gasteiger partial charge in [-0.2, -0.15) is 0 Å². The van der Waals surface area contributed by atoms with Crippen LogP contribution in [0.1, 0.15) is 64.2 Å². The molecule has 2 fully saturated rings. The SMILES string of the molecule is NC(=O)CC(NC(=O)CCC1CCNCC1)C1CCCCC1. The third kappa shape index (κ3) is 5.95. The Hall–Kier alpha value is -1.10. The van der Waals surface area contributed by atoms with Crippen molar-refractivity contribution in [2.75, 3.05) is 13.1 Å². The van der Waals surface area contributed by atoms with Gasteiger partial charge < -0.3 is 16.4 Å². The van der Waals surface area contributed by atoms with Crippen molar-refractivity contribution >= 4 is 11.8 Å². The van der Waals surface area contributed by atoms with Gasteiger partial charge >= 0.3 is 0 Å². The molecule has 1 heterocycles. The molecule has 4 N–H and O–H groups in total. The lowest BCUT2D eigenvalue weighted by atomic mass is 9.82. The predicted octanol–water partition coefficient (Wildman–Crippen LogP) is 1.71. The first-order valence-electron chi connectivity index (χ1n) is 8.93. The van der Waals surface area contributed by atoms with E-state index in [-0.39, 0.29) is 24.3 Å². The zero-order chi connectivity index (χ0) is 15.8. The fourth-order valence-corrected chi connectivity index (χ4v) is 3.87. The minimum Gasteiger partial charge on any atom is -0.370 e. The van der Waals surface area contributed by atoms with Crippen molar-refractivity contribution in [1.82, 2.24) is 10.6 Å². The average molecular weight is 309 g/mol. The minimum absolute atomic E-state index is 0.0571. The molecule has 0 bridgehead atoms. The first kappa shape index (κ1) is 17.3. The quantitative estimate of drug-likeness (QED) is 0.669. The molecule has 0 aromatic rings. The van der Waals surface area contributed by atoms with Crippen LogP contribution in [0.15, 0.2) is 0 Å². The summed E-state index contributed by atoms with van der Waals surface area (Å²) < 4.78 is 0. The molecule has 1 saturated carbocycles. The van der Waals surface area contributed by atoms with Gasteiger partial charge in [-0.1, -0.05) is 19.3 Å². The molecule has 2 aliphatic rings. The molecule has 1 atom stereocenters. The van der Waals surface area contributed by atoms with E-state index in [0.717, 1.165) is 32.4 Å². The zero-order valence-electron chi connectivity index (χ0n) is 13.6. The van der Waals surface area contributed by atoms with Crippen LogP contribution < -0.4 is 16.4 Å². The summed E-state index contributed by atoms with van der Waals surface area (Å²) in [4.78, 5) is 23.5. The highest BCUT2D eigenvalue weighted by Crippen LogP contribution is 2.28. The monoisotopic (exact) mass is 309 g/mol. The third-order valence-electron chi connectivity index (χ3n) is 5.22. The highest BCUT2D eigenvalue weighted by Gasteiger charge is 2.26. The fraction of sp³-hybridized carbons (Fsp3) is 0.882. The molecule has 126 valence electrons. The van der Waals surface area contributed by atoms with Gasteiger partial charge in [0.25, 0.3) is 0 Å². The first-order valence-corrected chi connectivity index (χ1v) is 8.93. The Labute approximate surface area is 133 Å². The zero-order valence-corrected chi connectivity index (χ0v) is 13.6. The van der Waals surface area contributed by atoms with Crippen molar-refractivity contribution < 1.29 is 9.59 Å². The Kier molecular flexibility index (Phi) is 7.16. The molecule has 2 amide bonds. The molecule has 1 aliphatic heterocycles. The summed E-state index contributed by atoms with van der Waals surface area (Å²) in [7, 11) is 0. The molecule has 0 radical (unpaired) electrons. The molecule has 5 heteroatoms. The predicted molar refractivity (Wildman–Crippen MR) is 87.1 cm³/mol. The molecule has 0 aromatic heterocycles. The van der Waals surface area contributed by atoms with Gasteiger partial charge in [-0.3, -0.25) is 9.59 Å². The maximum atomic E-state index is 12.2. The van der Waals surface area contributed by atoms with Crippen LogP contribution in [0.4, 0.5) is 0 Å². The van der Waals surface area contributed by atoms with E-state index in [9.17, 15) is 9.59 Å². The number of nitrogens with one attached hydrogen (secondary N) is 2. The lowest BCUT2D eigenvalue weighted by Crippen LogP contribution is -2.43. The second kappa shape index (κ2) is 9.13. The normalized spacial score (nSPS) is 22.2. The van der Waals surface area contributed by atoms with E-state index in [1.165, 1.54) is 32.1 Å². The number of rotatable bonds is 7. The first-order chi connectivity index (χ1) is 10.6. The third-order valence-corrected chi connectivity index (χ3v) is 5.22. The van der Waals surface area contributed by atoms with Gasteiger partial charge in [-0.05, 0) is 57.0 Å². The Morgan fingerprint density at radius 3 is 2.41 bits per heavy atom. The van der Waals surface area contributed by atoms with E-state index in [1.807, 2.05) is 0 Å². The summed E-state index contributed by atoms with van der Waals surface area (Å²) in [6.45, 7) is 2.14. The lowest BCUT2D eigenvalue weighted by molar-refractivity contribution is -0.123. The van der Waals surface area contributed by atoms with Crippen LogP contribution in [0, 0.1) is 11.8 Å². The second-order valence-corrected chi connectivity index (χ2v) is 6.97. The van der Waals surface area contributed by atoms with E-state index < -0.39 is 0 Å². The summed E-state index contributed by atoms with van der Waals surface area (Å²) >= 11 is 0. The number of amides is 2. The van der Waals surface area contributed by atoms with Crippen LogP contribution in [-0.2, 0) is 9.59 Å². The molecule has 22 heavy (non-hydrogen) atoms. The molecule has 0 aromatic carbocycles. The van der Waals surface area contributed by atoms with Gasteiger partial charge in [0.05, 0.1) is 0 Å². The second-order valence-electron chi connectivity index (χ2n) is 6.97. The number of hydrogen-bond donors (Lipinski definition) is 3. The number of hydrogen-bond acceptors (Lipinski definition) is 3. The molecule has 0 spiro atoms. The Morgan fingerprint density at radius 2 is 1.77 bits per heavy atom. The molecular weight excluding hydrogens is 278 g/mol. The topological polar surface area (TPSA) is 84.2 Å². The van der Waals surface area contributed by atoms with Crippen LogP contribution in [-0.4, -0.2) is 30.9 Å². The maximum Gasteiger partial charge on any atom is 0.220 e. The average Bonchev–Trinajstić information content (AvgIpc) is 2.54. The fourth-order valence-electron chi connectivity index (χ4n) is 3.87. The van der Waals surface area contributed by atoms with E-state index in [0.29, 0.717) is 18.3 Å². The lowest BCUT2D eigenvalue weighted by Gasteiger charge is -2.30. The highest BCUT2D eigenvalue weighted by molar-refractivity contribution is 5.78. The van der Waals surface area contributed by atoms with Gasteiger partial charge in [0.15, 0.2) is 0 Å². The van der Waals surface area contributed by atoms with Crippen molar-refractivity contribution in [3.8, 4) is 0 Å². The van der Waals surface area contributed by atoms with Gasteiger partial charge in [0, 0.05) is 18.9 Å². The highest BCUT2D eigenvalue weighted by atomic mass is 16.2. The molecule has 5 nitrogen and oxygen atoms in total. The van der Waals surface area contributed by atoms with Crippen molar-refractivity contribution in [3.63, 3.8) is 0 Å². The van der Waals surface area contributed by atoms with E-state index in [1.54, 1.807) is 0 Å². The summed E-state index contributed by atoms with van der Waals surface area (Å²) in [5.74, 6) is 0.866. The summed E-state index contributed by atoms with van der Waals surface area (Å²) in [6.07, 6.45) is 10.0. The molecule has 1 aliphatic carbocycles. The van der Waals surface area contributed by atoms with E-state index in [4.69, 9.17) is 5.73 Å². The maximum absolute atomic E-state index is 12.2. The van der Waals surface area contributed by atoms with Crippen LogP contribution >= 0.6 is 0 Å². The minimum atomic E-state index is -0.311. The van der Waals surface area contributed by atoms with Crippen molar-refractivity contribution in [2.45, 2.75) is 70.3 Å². The van der Waals surface area contributed by atoms with Gasteiger partial charge in [-0.25, -0.2) is 0 Å². The number of primary amides is 1. The smallest absolute Gasteiger partial charge is 0.220 e. The Bertz CT molecular complexity index is 361. The standard InChI is InChI=1S/C17H31N3O2/c18-16(21)12-15(14-4-2-1-3-5-14)20-17(22)7-6-13-8-10-19-11-9-13/h13-15,19H,1-12H2,(H2,18,21)(H,20,22). The summed E-state index contributed by atoms with van der Waals surface area (Å²) in [6, 6.07) is -0.0571. The van der Waals surface area contributed by atoms with Crippen LogP contribution in [0.2, 0.25) is 0 Å².